The van der Waals surface area contributed by atoms with E-state index >= 15 is 0 Å². The van der Waals surface area contributed by atoms with E-state index in [2.05, 4.69) is 5.10 Å². The minimum absolute atomic E-state index is 0.00384. The second kappa shape index (κ2) is 3.46. The highest BCUT2D eigenvalue weighted by Crippen LogP contribution is 2.30. The summed E-state index contributed by atoms with van der Waals surface area (Å²) in [5.41, 5.74) is 5.45. The predicted molar refractivity (Wildman–Crippen MR) is 50.1 cm³/mol. The molecule has 1 unspecified atom stereocenters. The molecule has 0 aromatic carbocycles. The van der Waals surface area contributed by atoms with Crippen molar-refractivity contribution >= 4 is 0 Å². The zero-order valence-corrected chi connectivity index (χ0v) is 8.34. The van der Waals surface area contributed by atoms with Crippen molar-refractivity contribution in [3.8, 4) is 0 Å². The van der Waals surface area contributed by atoms with Crippen molar-refractivity contribution in [1.29, 1.82) is 0 Å². The average molecular weight is 185 g/mol. The Balaban J connectivity index is 3.18. The maximum absolute atomic E-state index is 14.2. The molecule has 13 heavy (non-hydrogen) atoms. The van der Waals surface area contributed by atoms with E-state index in [0.29, 0.717) is 12.1 Å². The summed E-state index contributed by atoms with van der Waals surface area (Å²) >= 11 is 0. The van der Waals surface area contributed by atoms with Gasteiger partial charge in [0.15, 0.2) is 5.67 Å². The van der Waals surface area contributed by atoms with Crippen molar-refractivity contribution < 1.29 is 4.39 Å². The van der Waals surface area contributed by atoms with Crippen LogP contribution in [0.25, 0.3) is 0 Å². The maximum Gasteiger partial charge on any atom is 0.164 e. The predicted octanol–water partition coefficient (Wildman–Crippen LogP) is 1.26. The summed E-state index contributed by atoms with van der Waals surface area (Å²) in [4.78, 5) is 0. The molecule has 0 aliphatic carbocycles. The van der Waals surface area contributed by atoms with Gasteiger partial charge >= 0.3 is 0 Å². The third kappa shape index (κ3) is 1.58. The van der Waals surface area contributed by atoms with Gasteiger partial charge in [-0.3, -0.25) is 4.68 Å². The molecular weight excluding hydrogens is 169 g/mol. The minimum atomic E-state index is -1.44. The number of rotatable bonds is 3. The van der Waals surface area contributed by atoms with Crippen LogP contribution >= 0.6 is 0 Å². The van der Waals surface area contributed by atoms with Gasteiger partial charge in [-0.2, -0.15) is 5.10 Å². The van der Waals surface area contributed by atoms with Crippen LogP contribution in [0.5, 0.6) is 0 Å². The molecule has 74 valence electrons. The van der Waals surface area contributed by atoms with Crippen molar-refractivity contribution in [2.45, 2.75) is 25.9 Å². The molecule has 2 N–H and O–H groups in total. The molecule has 0 amide bonds. The van der Waals surface area contributed by atoms with Crippen molar-refractivity contribution in [3.05, 3.63) is 17.5 Å². The molecule has 0 radical (unpaired) electrons. The third-order valence-electron chi connectivity index (χ3n) is 2.43. The van der Waals surface area contributed by atoms with Crippen LogP contribution in [0.4, 0.5) is 4.39 Å². The van der Waals surface area contributed by atoms with Crippen LogP contribution in [0.3, 0.4) is 0 Å². The van der Waals surface area contributed by atoms with Crippen molar-refractivity contribution in [1.82, 2.24) is 9.78 Å². The van der Waals surface area contributed by atoms with Gasteiger partial charge in [-0.15, -0.1) is 0 Å². The summed E-state index contributed by atoms with van der Waals surface area (Å²) in [6.07, 6.45) is 2.04. The molecule has 4 heteroatoms. The fourth-order valence-electron chi connectivity index (χ4n) is 1.60. The number of nitrogens with two attached hydrogens (primary N) is 1. The molecular formula is C9H16FN3. The fourth-order valence-corrected chi connectivity index (χ4v) is 1.60. The van der Waals surface area contributed by atoms with Crippen LogP contribution in [0.1, 0.15) is 24.6 Å². The van der Waals surface area contributed by atoms with Crippen LogP contribution in [-0.4, -0.2) is 16.3 Å². The Kier molecular flexibility index (Phi) is 2.71. The molecule has 0 spiro atoms. The first-order valence-electron chi connectivity index (χ1n) is 4.43. The monoisotopic (exact) mass is 185 g/mol. The number of hydrogen-bond donors (Lipinski definition) is 1. The smallest absolute Gasteiger partial charge is 0.164 e. The van der Waals surface area contributed by atoms with Crippen LogP contribution in [0, 0.1) is 6.92 Å². The van der Waals surface area contributed by atoms with Gasteiger partial charge in [-0.1, -0.05) is 6.92 Å². The Morgan fingerprint density at radius 3 is 2.62 bits per heavy atom. The summed E-state index contributed by atoms with van der Waals surface area (Å²) in [6.45, 7) is 3.64. The Hall–Kier alpha value is -0.900. The highest BCUT2D eigenvalue weighted by molar-refractivity contribution is 5.23. The fraction of sp³-hybridized carbons (Fsp3) is 0.667. The Morgan fingerprint density at radius 1 is 1.69 bits per heavy atom. The van der Waals surface area contributed by atoms with E-state index in [0.717, 1.165) is 5.56 Å². The molecule has 1 aromatic heterocycles. The molecule has 1 aromatic rings. The summed E-state index contributed by atoms with van der Waals surface area (Å²) in [7, 11) is 1.74. The highest BCUT2D eigenvalue weighted by Gasteiger charge is 2.32. The number of nitrogens with zero attached hydrogens (tertiary/aromatic N) is 2. The van der Waals surface area contributed by atoms with E-state index in [9.17, 15) is 4.39 Å². The zero-order valence-electron chi connectivity index (χ0n) is 8.34. The van der Waals surface area contributed by atoms with E-state index in [-0.39, 0.29) is 6.54 Å². The summed E-state index contributed by atoms with van der Waals surface area (Å²) in [5, 5.41) is 4.00. The quantitative estimate of drug-likeness (QED) is 0.770. The lowest BCUT2D eigenvalue weighted by Crippen LogP contribution is -2.32. The SMILES string of the molecule is CCC(F)(CN)c1c(C)cnn1C. The first-order chi connectivity index (χ1) is 6.05. The molecule has 1 rings (SSSR count). The number of alkyl halides is 1. The Labute approximate surface area is 77.7 Å². The summed E-state index contributed by atoms with van der Waals surface area (Å²) < 4.78 is 15.7. The van der Waals surface area contributed by atoms with Crippen LogP contribution in [-0.2, 0) is 12.7 Å². The van der Waals surface area contributed by atoms with E-state index in [1.165, 1.54) is 0 Å². The molecule has 0 aliphatic heterocycles. The molecule has 0 aliphatic rings. The van der Waals surface area contributed by atoms with Gasteiger partial charge in [0.25, 0.3) is 0 Å². The topological polar surface area (TPSA) is 43.8 Å². The van der Waals surface area contributed by atoms with Gasteiger partial charge in [-0.25, -0.2) is 4.39 Å². The van der Waals surface area contributed by atoms with Gasteiger partial charge in [0.05, 0.1) is 11.9 Å². The maximum atomic E-state index is 14.2. The number of hydrogen-bond acceptors (Lipinski definition) is 2. The van der Waals surface area contributed by atoms with E-state index in [1.807, 2.05) is 6.92 Å². The zero-order chi connectivity index (χ0) is 10.1. The number of aromatic nitrogens is 2. The van der Waals surface area contributed by atoms with Crippen LogP contribution in [0.2, 0.25) is 0 Å². The molecule has 0 saturated heterocycles. The van der Waals surface area contributed by atoms with Gasteiger partial charge < -0.3 is 5.73 Å². The first kappa shape index (κ1) is 10.2. The molecule has 0 saturated carbocycles. The first-order valence-corrected chi connectivity index (χ1v) is 4.43. The molecule has 0 fully saturated rings. The second-order valence-electron chi connectivity index (χ2n) is 3.32. The lowest BCUT2D eigenvalue weighted by Gasteiger charge is -2.23. The van der Waals surface area contributed by atoms with Crippen molar-refractivity contribution in [3.63, 3.8) is 0 Å². The third-order valence-corrected chi connectivity index (χ3v) is 2.43. The Morgan fingerprint density at radius 2 is 2.31 bits per heavy atom. The van der Waals surface area contributed by atoms with Crippen LogP contribution < -0.4 is 5.73 Å². The van der Waals surface area contributed by atoms with E-state index < -0.39 is 5.67 Å². The lowest BCUT2D eigenvalue weighted by molar-refractivity contribution is 0.155. The van der Waals surface area contributed by atoms with Gasteiger partial charge in [-0.05, 0) is 18.9 Å². The molecule has 1 heterocycles. The highest BCUT2D eigenvalue weighted by atomic mass is 19.1. The van der Waals surface area contributed by atoms with Gasteiger partial charge in [0.1, 0.15) is 0 Å². The summed E-state index contributed by atoms with van der Waals surface area (Å²) in [6, 6.07) is 0. The molecule has 3 nitrogen and oxygen atoms in total. The largest absolute Gasteiger partial charge is 0.327 e. The summed E-state index contributed by atoms with van der Waals surface area (Å²) in [5.74, 6) is 0. The van der Waals surface area contributed by atoms with Gasteiger partial charge in [0, 0.05) is 13.6 Å². The normalized spacial score (nSPS) is 15.8. The Bertz CT molecular complexity index is 270. The number of halogens is 1. The average Bonchev–Trinajstić information content (AvgIpc) is 2.46. The van der Waals surface area contributed by atoms with Crippen molar-refractivity contribution in [2.75, 3.05) is 6.54 Å². The second-order valence-corrected chi connectivity index (χ2v) is 3.32. The minimum Gasteiger partial charge on any atom is -0.327 e. The van der Waals surface area contributed by atoms with E-state index in [4.69, 9.17) is 5.73 Å². The van der Waals surface area contributed by atoms with Crippen molar-refractivity contribution in [2.24, 2.45) is 12.8 Å². The van der Waals surface area contributed by atoms with E-state index in [1.54, 1.807) is 24.9 Å². The molecule has 1 atom stereocenters. The lowest BCUT2D eigenvalue weighted by atomic mass is 9.96. The molecule has 0 bridgehead atoms. The van der Waals surface area contributed by atoms with Gasteiger partial charge in [0.2, 0.25) is 0 Å². The van der Waals surface area contributed by atoms with Crippen LogP contribution in [0.15, 0.2) is 6.20 Å². The number of aryl methyl sites for hydroxylation is 2. The standard InChI is InChI=1S/C9H16FN3/c1-4-9(10,6-11)8-7(2)5-12-13(8)3/h5H,4,6,11H2,1-3H3.